The molecule has 0 aliphatic rings. The van der Waals surface area contributed by atoms with Gasteiger partial charge in [0.1, 0.15) is 0 Å². The summed E-state index contributed by atoms with van der Waals surface area (Å²) >= 11 is 13.3. The molecule has 0 fully saturated rings. The van der Waals surface area contributed by atoms with E-state index in [1.54, 1.807) is 0 Å². The third-order valence-electron chi connectivity index (χ3n) is 3.39. The van der Waals surface area contributed by atoms with E-state index in [1.807, 2.05) is 30.3 Å². The predicted molar refractivity (Wildman–Crippen MR) is 72.4 cm³/mol. The zero-order chi connectivity index (χ0) is 11.7. The van der Waals surface area contributed by atoms with Crippen molar-refractivity contribution in [3.05, 3.63) is 30.3 Å². The molecule has 3 heteroatoms. The molecule has 0 saturated carbocycles. The Morgan fingerprint density at radius 1 is 1.07 bits per heavy atom. The van der Waals surface area contributed by atoms with Crippen LogP contribution in [0.1, 0.15) is 27.7 Å². The van der Waals surface area contributed by atoms with Gasteiger partial charge in [0.25, 0.3) is 6.69 Å². The third-order valence-corrected chi connectivity index (χ3v) is 10.9. The first-order chi connectivity index (χ1) is 6.80. The molecule has 0 bridgehead atoms. The fraction of sp³-hybridized carbons (Fsp3) is 0.500. The molecule has 0 aliphatic heterocycles. The Bertz CT molecular complexity index is 318. The highest BCUT2D eigenvalue weighted by atomic mass is 35.7. The minimum atomic E-state index is -2.43. The van der Waals surface area contributed by atoms with Gasteiger partial charge in [0.2, 0.25) is 0 Å². The first-order valence-electron chi connectivity index (χ1n) is 5.23. The summed E-state index contributed by atoms with van der Waals surface area (Å²) in [6.07, 6.45) is 0. The van der Waals surface area contributed by atoms with Crippen LogP contribution in [0.5, 0.6) is 0 Å². The second kappa shape index (κ2) is 4.48. The first kappa shape index (κ1) is 13.1. The molecule has 0 amide bonds. The number of hydrogen-bond acceptors (Lipinski definition) is 0. The predicted octanol–water partition coefficient (Wildman–Crippen LogP) is 4.25. The summed E-state index contributed by atoms with van der Waals surface area (Å²) in [4.78, 5) is 0. The van der Waals surface area contributed by atoms with Gasteiger partial charge in [0.05, 0.1) is 0 Å². The van der Waals surface area contributed by atoms with E-state index in [9.17, 15) is 0 Å². The molecule has 0 radical (unpaired) electrons. The molecule has 1 rings (SSSR count). The van der Waals surface area contributed by atoms with Crippen molar-refractivity contribution in [2.75, 3.05) is 0 Å². The van der Waals surface area contributed by atoms with Crippen molar-refractivity contribution in [3.63, 3.8) is 0 Å². The molecule has 0 nitrogen and oxygen atoms in total. The van der Waals surface area contributed by atoms with E-state index < -0.39 is 6.69 Å². The second-order valence-electron chi connectivity index (χ2n) is 4.82. The molecule has 84 valence electrons. The third kappa shape index (κ3) is 2.40. The SMILES string of the molecule is CC(C)C(C)(C)[Si](Cl)(Cl)c1ccccc1. The lowest BCUT2D eigenvalue weighted by Crippen LogP contribution is -2.48. The molecule has 1 aromatic rings. The summed E-state index contributed by atoms with van der Waals surface area (Å²) in [6, 6.07) is 10.1. The molecule has 0 N–H and O–H groups in total. The van der Waals surface area contributed by atoms with E-state index in [1.165, 1.54) is 0 Å². The van der Waals surface area contributed by atoms with Crippen molar-refractivity contribution >= 4 is 34.0 Å². The van der Waals surface area contributed by atoms with E-state index >= 15 is 0 Å². The molecule has 0 spiro atoms. The van der Waals surface area contributed by atoms with E-state index in [-0.39, 0.29) is 5.04 Å². The van der Waals surface area contributed by atoms with Crippen molar-refractivity contribution in [1.82, 2.24) is 0 Å². The minimum Gasteiger partial charge on any atom is -0.139 e. The fourth-order valence-electron chi connectivity index (χ4n) is 1.38. The maximum Gasteiger partial charge on any atom is 0.286 e. The van der Waals surface area contributed by atoms with Crippen molar-refractivity contribution < 1.29 is 0 Å². The lowest BCUT2D eigenvalue weighted by Gasteiger charge is -2.38. The van der Waals surface area contributed by atoms with Crippen LogP contribution in [-0.4, -0.2) is 6.69 Å². The van der Waals surface area contributed by atoms with Crippen molar-refractivity contribution in [1.29, 1.82) is 0 Å². The second-order valence-corrected chi connectivity index (χ2v) is 11.8. The van der Waals surface area contributed by atoms with E-state index in [0.29, 0.717) is 5.92 Å². The highest BCUT2D eigenvalue weighted by Crippen LogP contribution is 2.48. The normalized spacial score (nSPS) is 13.3. The summed E-state index contributed by atoms with van der Waals surface area (Å²) in [5.74, 6) is 0.472. The maximum absolute atomic E-state index is 6.65. The molecular formula is C12H18Cl2Si. The minimum absolute atomic E-state index is 0.0303. The van der Waals surface area contributed by atoms with E-state index in [2.05, 4.69) is 27.7 Å². The van der Waals surface area contributed by atoms with Crippen LogP contribution in [0.2, 0.25) is 5.04 Å². The molecule has 1 aromatic carbocycles. The fourth-order valence-corrected chi connectivity index (χ4v) is 5.53. The van der Waals surface area contributed by atoms with Gasteiger partial charge >= 0.3 is 0 Å². The van der Waals surface area contributed by atoms with E-state index in [4.69, 9.17) is 22.2 Å². The number of halogens is 2. The van der Waals surface area contributed by atoms with E-state index in [0.717, 1.165) is 5.19 Å². The summed E-state index contributed by atoms with van der Waals surface area (Å²) in [6.45, 7) is 6.25. The lowest BCUT2D eigenvalue weighted by atomic mass is 9.99. The van der Waals surface area contributed by atoms with Crippen LogP contribution in [0.3, 0.4) is 0 Å². The van der Waals surface area contributed by atoms with Crippen LogP contribution in [0.25, 0.3) is 0 Å². The van der Waals surface area contributed by atoms with Crippen LogP contribution >= 0.6 is 22.2 Å². The Morgan fingerprint density at radius 3 is 1.93 bits per heavy atom. The number of benzene rings is 1. The Morgan fingerprint density at radius 2 is 1.53 bits per heavy atom. The van der Waals surface area contributed by atoms with Gasteiger partial charge in [0, 0.05) is 0 Å². The van der Waals surface area contributed by atoms with Crippen molar-refractivity contribution in [2.24, 2.45) is 5.92 Å². The number of rotatable bonds is 3. The highest BCUT2D eigenvalue weighted by molar-refractivity contribution is 7.52. The van der Waals surface area contributed by atoms with Gasteiger partial charge in [-0.2, -0.15) is 0 Å². The van der Waals surface area contributed by atoms with Gasteiger partial charge in [-0.25, -0.2) is 0 Å². The zero-order valence-electron chi connectivity index (χ0n) is 9.72. The molecule has 0 unspecified atom stereocenters. The van der Waals surface area contributed by atoms with Gasteiger partial charge in [0.15, 0.2) is 0 Å². The Kier molecular flexibility index (Phi) is 3.91. The van der Waals surface area contributed by atoms with Gasteiger partial charge in [-0.05, 0) is 16.1 Å². The standard InChI is InChI=1S/C12H18Cl2Si/c1-10(2)12(3,4)15(13,14)11-8-6-5-7-9-11/h5-10H,1-4H3. The molecule has 0 aromatic heterocycles. The Balaban J connectivity index is 3.13. The zero-order valence-corrected chi connectivity index (χ0v) is 12.2. The Hall–Kier alpha value is 0.0169. The molecule has 0 atom stereocenters. The molecule has 0 saturated heterocycles. The average Bonchev–Trinajstić information content (AvgIpc) is 2.18. The van der Waals surface area contributed by atoms with Gasteiger partial charge in [-0.3, -0.25) is 0 Å². The first-order valence-corrected chi connectivity index (χ1v) is 9.26. The van der Waals surface area contributed by atoms with Crippen molar-refractivity contribution in [2.45, 2.75) is 32.7 Å². The summed E-state index contributed by atoms with van der Waals surface area (Å²) < 4.78 is 0. The quantitative estimate of drug-likeness (QED) is 0.563. The number of hydrogen-bond donors (Lipinski definition) is 0. The van der Waals surface area contributed by atoms with Crippen LogP contribution in [0.15, 0.2) is 30.3 Å². The Labute approximate surface area is 103 Å². The molecule has 15 heavy (non-hydrogen) atoms. The summed E-state index contributed by atoms with van der Waals surface area (Å²) in [7, 11) is 0. The average molecular weight is 261 g/mol. The van der Waals surface area contributed by atoms with Crippen LogP contribution in [-0.2, 0) is 0 Å². The topological polar surface area (TPSA) is 0 Å². The van der Waals surface area contributed by atoms with Gasteiger partial charge in [-0.1, -0.05) is 58.0 Å². The maximum atomic E-state index is 6.65. The molecule has 0 heterocycles. The van der Waals surface area contributed by atoms with Gasteiger partial charge < -0.3 is 0 Å². The highest BCUT2D eigenvalue weighted by Gasteiger charge is 2.48. The smallest absolute Gasteiger partial charge is 0.139 e. The van der Waals surface area contributed by atoms with Crippen LogP contribution < -0.4 is 5.19 Å². The monoisotopic (exact) mass is 260 g/mol. The summed E-state index contributed by atoms with van der Waals surface area (Å²) in [5.41, 5.74) is 0. The largest absolute Gasteiger partial charge is 0.286 e. The molecule has 0 aliphatic carbocycles. The summed E-state index contributed by atoms with van der Waals surface area (Å²) in [5, 5.41) is 1.07. The lowest BCUT2D eigenvalue weighted by molar-refractivity contribution is 0.471. The van der Waals surface area contributed by atoms with Crippen LogP contribution in [0, 0.1) is 5.92 Å². The van der Waals surface area contributed by atoms with Gasteiger partial charge in [-0.15, -0.1) is 22.2 Å². The van der Waals surface area contributed by atoms with Crippen LogP contribution in [0.4, 0.5) is 0 Å². The molecular weight excluding hydrogens is 243 g/mol. The van der Waals surface area contributed by atoms with Crippen molar-refractivity contribution in [3.8, 4) is 0 Å².